The third-order valence-electron chi connectivity index (χ3n) is 4.24. The monoisotopic (exact) mass is 381 g/mol. The van der Waals surface area contributed by atoms with E-state index in [0.29, 0.717) is 17.1 Å². The molecule has 0 saturated heterocycles. The molecule has 0 fully saturated rings. The summed E-state index contributed by atoms with van der Waals surface area (Å²) in [7, 11) is 3.06. The average molecular weight is 381 g/mol. The minimum atomic E-state index is -4.43. The van der Waals surface area contributed by atoms with E-state index in [1.807, 2.05) is 13.0 Å². The lowest BCUT2D eigenvalue weighted by atomic mass is 10.0. The highest BCUT2D eigenvalue weighted by atomic mass is 19.4. The van der Waals surface area contributed by atoms with Gasteiger partial charge in [0.25, 0.3) is 0 Å². The summed E-state index contributed by atoms with van der Waals surface area (Å²) >= 11 is 0. The van der Waals surface area contributed by atoms with Gasteiger partial charge in [0.2, 0.25) is 5.91 Å². The maximum Gasteiger partial charge on any atom is 0.416 e. The molecule has 1 amide bonds. The standard InChI is InChI=1S/C20H22F3NO3/c1-12-8-17(26-3)18(27-4)11-16(12)13(2)24-19(25)10-14-6-5-7-15(9-14)20(21,22)23/h5-9,11,13H,10H2,1-4H3,(H,24,25). The maximum atomic E-state index is 12.8. The Labute approximate surface area is 156 Å². The SMILES string of the molecule is COc1cc(C)c(C(C)NC(=O)Cc2cccc(C(F)(F)F)c2)cc1OC. The molecule has 2 aromatic rings. The number of ether oxygens (including phenoxy) is 2. The number of hydrogen-bond donors (Lipinski definition) is 1. The number of carbonyl (C=O) groups excluding carboxylic acids is 1. The van der Waals surface area contributed by atoms with Crippen LogP contribution >= 0.6 is 0 Å². The normalized spacial score (nSPS) is 12.4. The zero-order valence-corrected chi connectivity index (χ0v) is 15.6. The molecule has 2 rings (SSSR count). The van der Waals surface area contributed by atoms with Gasteiger partial charge in [0, 0.05) is 0 Å². The number of aryl methyl sites for hydroxylation is 1. The highest BCUT2D eigenvalue weighted by Crippen LogP contribution is 2.33. The van der Waals surface area contributed by atoms with Gasteiger partial charge in [-0.3, -0.25) is 4.79 Å². The van der Waals surface area contributed by atoms with Crippen LogP contribution in [-0.4, -0.2) is 20.1 Å². The minimum absolute atomic E-state index is 0.138. The van der Waals surface area contributed by atoms with Gasteiger partial charge in [0.1, 0.15) is 0 Å². The maximum absolute atomic E-state index is 12.8. The van der Waals surface area contributed by atoms with Crippen LogP contribution in [0.15, 0.2) is 36.4 Å². The van der Waals surface area contributed by atoms with Gasteiger partial charge < -0.3 is 14.8 Å². The van der Waals surface area contributed by atoms with E-state index >= 15 is 0 Å². The molecule has 2 aromatic carbocycles. The van der Waals surface area contributed by atoms with Gasteiger partial charge in [-0.05, 0) is 48.7 Å². The molecular weight excluding hydrogens is 359 g/mol. The van der Waals surface area contributed by atoms with E-state index in [9.17, 15) is 18.0 Å². The largest absolute Gasteiger partial charge is 0.493 e. The average Bonchev–Trinajstić information content (AvgIpc) is 2.60. The highest BCUT2D eigenvalue weighted by molar-refractivity contribution is 5.79. The summed E-state index contributed by atoms with van der Waals surface area (Å²) in [6, 6.07) is 8.02. The molecule has 27 heavy (non-hydrogen) atoms. The zero-order valence-electron chi connectivity index (χ0n) is 15.6. The van der Waals surface area contributed by atoms with Crippen LogP contribution in [-0.2, 0) is 17.4 Å². The van der Waals surface area contributed by atoms with Crippen molar-refractivity contribution in [3.63, 3.8) is 0 Å². The first-order valence-corrected chi connectivity index (χ1v) is 8.33. The molecule has 0 saturated carbocycles. The Morgan fingerprint density at radius 3 is 2.33 bits per heavy atom. The van der Waals surface area contributed by atoms with E-state index < -0.39 is 11.7 Å². The quantitative estimate of drug-likeness (QED) is 0.804. The lowest BCUT2D eigenvalue weighted by Gasteiger charge is -2.19. The molecule has 4 nitrogen and oxygen atoms in total. The fourth-order valence-electron chi connectivity index (χ4n) is 2.88. The molecule has 0 aliphatic rings. The molecule has 0 heterocycles. The minimum Gasteiger partial charge on any atom is -0.493 e. The van der Waals surface area contributed by atoms with Crippen molar-refractivity contribution < 1.29 is 27.4 Å². The Bertz CT molecular complexity index is 819. The first-order chi connectivity index (χ1) is 12.7. The molecule has 0 radical (unpaired) electrons. The van der Waals surface area contributed by atoms with Gasteiger partial charge in [0.15, 0.2) is 11.5 Å². The van der Waals surface area contributed by atoms with Crippen molar-refractivity contribution in [3.8, 4) is 11.5 Å². The third-order valence-corrected chi connectivity index (χ3v) is 4.24. The van der Waals surface area contributed by atoms with Crippen LogP contribution < -0.4 is 14.8 Å². The van der Waals surface area contributed by atoms with Gasteiger partial charge in [-0.2, -0.15) is 13.2 Å². The first kappa shape index (κ1) is 20.6. The molecule has 146 valence electrons. The number of benzene rings is 2. The number of hydrogen-bond acceptors (Lipinski definition) is 3. The smallest absolute Gasteiger partial charge is 0.416 e. The molecule has 7 heteroatoms. The summed E-state index contributed by atoms with van der Waals surface area (Å²) in [6.45, 7) is 3.69. The van der Waals surface area contributed by atoms with Crippen molar-refractivity contribution >= 4 is 5.91 Å². The van der Waals surface area contributed by atoms with Crippen molar-refractivity contribution in [2.45, 2.75) is 32.5 Å². The summed E-state index contributed by atoms with van der Waals surface area (Å²) in [6.07, 6.45) is -4.57. The van der Waals surface area contributed by atoms with Crippen LogP contribution in [0.25, 0.3) is 0 Å². The van der Waals surface area contributed by atoms with Crippen molar-refractivity contribution in [1.29, 1.82) is 0 Å². The molecular formula is C20H22F3NO3. The molecule has 0 aliphatic carbocycles. The fourth-order valence-corrected chi connectivity index (χ4v) is 2.88. The number of carbonyl (C=O) groups is 1. The highest BCUT2D eigenvalue weighted by Gasteiger charge is 2.30. The number of nitrogens with one attached hydrogen (secondary N) is 1. The molecule has 0 aliphatic heterocycles. The van der Waals surface area contributed by atoms with Crippen molar-refractivity contribution in [2.75, 3.05) is 14.2 Å². The van der Waals surface area contributed by atoms with Gasteiger partial charge in [0.05, 0.1) is 32.2 Å². The summed E-state index contributed by atoms with van der Waals surface area (Å²) in [5.74, 6) is 0.759. The van der Waals surface area contributed by atoms with Crippen molar-refractivity contribution in [1.82, 2.24) is 5.32 Å². The Hall–Kier alpha value is -2.70. The van der Waals surface area contributed by atoms with E-state index in [1.54, 1.807) is 13.0 Å². The lowest BCUT2D eigenvalue weighted by molar-refractivity contribution is -0.137. The molecule has 0 spiro atoms. The Morgan fingerprint density at radius 1 is 1.11 bits per heavy atom. The Balaban J connectivity index is 2.12. The Morgan fingerprint density at radius 2 is 1.74 bits per heavy atom. The van der Waals surface area contributed by atoms with Crippen LogP contribution in [0.4, 0.5) is 13.2 Å². The van der Waals surface area contributed by atoms with Gasteiger partial charge in [-0.1, -0.05) is 18.2 Å². The summed E-state index contributed by atoms with van der Waals surface area (Å²) in [5.41, 5.74) is 1.28. The zero-order chi connectivity index (χ0) is 20.2. The van der Waals surface area contributed by atoms with Gasteiger partial charge in [-0.25, -0.2) is 0 Å². The topological polar surface area (TPSA) is 47.6 Å². The predicted molar refractivity (Wildman–Crippen MR) is 96.0 cm³/mol. The van der Waals surface area contributed by atoms with Crippen molar-refractivity contribution in [3.05, 3.63) is 58.7 Å². The fraction of sp³-hybridized carbons (Fsp3) is 0.350. The number of methoxy groups -OCH3 is 2. The molecule has 1 unspecified atom stereocenters. The van der Waals surface area contributed by atoms with Gasteiger partial charge in [-0.15, -0.1) is 0 Å². The van der Waals surface area contributed by atoms with Gasteiger partial charge >= 0.3 is 6.18 Å². The van der Waals surface area contributed by atoms with E-state index in [2.05, 4.69) is 5.32 Å². The van der Waals surface area contributed by atoms with Crippen LogP contribution in [0.5, 0.6) is 11.5 Å². The van der Waals surface area contributed by atoms with E-state index in [-0.39, 0.29) is 18.4 Å². The second-order valence-electron chi connectivity index (χ2n) is 6.23. The second-order valence-corrected chi connectivity index (χ2v) is 6.23. The second kappa shape index (κ2) is 8.33. The van der Waals surface area contributed by atoms with Crippen LogP contribution in [0, 0.1) is 6.92 Å². The predicted octanol–water partition coefficient (Wildman–Crippen LogP) is 4.45. The van der Waals surface area contributed by atoms with Crippen molar-refractivity contribution in [2.24, 2.45) is 0 Å². The Kier molecular flexibility index (Phi) is 6.36. The summed E-state index contributed by atoms with van der Waals surface area (Å²) in [4.78, 5) is 12.3. The lowest BCUT2D eigenvalue weighted by Crippen LogP contribution is -2.28. The van der Waals surface area contributed by atoms with Crippen LogP contribution in [0.1, 0.15) is 35.2 Å². The number of alkyl halides is 3. The van der Waals surface area contributed by atoms with Crippen LogP contribution in [0.3, 0.4) is 0 Å². The number of halogens is 3. The molecule has 0 bridgehead atoms. The number of rotatable bonds is 6. The van der Waals surface area contributed by atoms with E-state index in [4.69, 9.17) is 9.47 Å². The van der Waals surface area contributed by atoms with E-state index in [0.717, 1.165) is 23.3 Å². The molecule has 0 aromatic heterocycles. The van der Waals surface area contributed by atoms with E-state index in [1.165, 1.54) is 26.4 Å². The summed E-state index contributed by atoms with van der Waals surface area (Å²) < 4.78 is 48.9. The molecule has 1 atom stereocenters. The summed E-state index contributed by atoms with van der Waals surface area (Å²) in [5, 5.41) is 2.82. The first-order valence-electron chi connectivity index (χ1n) is 8.33. The number of amides is 1. The molecule has 1 N–H and O–H groups in total. The third kappa shape index (κ3) is 5.15. The van der Waals surface area contributed by atoms with Crippen LogP contribution in [0.2, 0.25) is 0 Å².